The van der Waals surface area contributed by atoms with Gasteiger partial charge in [0.1, 0.15) is 0 Å². The average Bonchev–Trinajstić information content (AvgIpc) is 2.68. The zero-order chi connectivity index (χ0) is 17.8. The van der Waals surface area contributed by atoms with Gasteiger partial charge in [0.25, 0.3) is 0 Å². The number of unbranched alkanes of at least 4 members (excludes halogenated alkanes) is 1. The number of benzene rings is 1. The molecule has 1 aromatic carbocycles. The van der Waals surface area contributed by atoms with Crippen LogP contribution in [-0.2, 0) is 14.9 Å². The van der Waals surface area contributed by atoms with Crippen molar-refractivity contribution in [2.24, 2.45) is 4.99 Å². The molecule has 5 nitrogen and oxygen atoms in total. The third kappa shape index (κ3) is 6.33. The Bertz CT molecular complexity index is 499. The van der Waals surface area contributed by atoms with Gasteiger partial charge in [0, 0.05) is 52.0 Å². The second-order valence-electron chi connectivity index (χ2n) is 6.52. The summed E-state index contributed by atoms with van der Waals surface area (Å²) in [5, 5.41) is 6.94. The molecule has 0 radical (unpaired) electrons. The molecule has 0 spiro atoms. The van der Waals surface area contributed by atoms with Crippen LogP contribution in [0.15, 0.2) is 35.3 Å². The topological polar surface area (TPSA) is 54.9 Å². The standard InChI is InChI=1S/C20H33N3O2/c1-3-24-14-8-7-13-22-19(21-2)23-17-20(11-15-25-16-12-20)18-9-5-4-6-10-18/h4-6,9-10H,3,7-8,11-17H2,1-2H3,(H2,21,22,23). The molecule has 5 heteroatoms. The Kier molecular flexibility index (Phi) is 8.77. The van der Waals surface area contributed by atoms with Crippen molar-refractivity contribution in [2.75, 3.05) is 46.6 Å². The lowest BCUT2D eigenvalue weighted by Crippen LogP contribution is -2.48. The normalized spacial score (nSPS) is 17.3. The smallest absolute Gasteiger partial charge is 0.191 e. The van der Waals surface area contributed by atoms with Crippen molar-refractivity contribution in [2.45, 2.75) is 38.0 Å². The highest BCUT2D eigenvalue weighted by Crippen LogP contribution is 2.34. The quantitative estimate of drug-likeness (QED) is 0.410. The van der Waals surface area contributed by atoms with Gasteiger partial charge in [-0.15, -0.1) is 0 Å². The number of hydrogen-bond acceptors (Lipinski definition) is 3. The summed E-state index contributed by atoms with van der Waals surface area (Å²) >= 11 is 0. The number of nitrogens with zero attached hydrogens (tertiary/aromatic N) is 1. The lowest BCUT2D eigenvalue weighted by atomic mass is 9.74. The molecule has 0 atom stereocenters. The van der Waals surface area contributed by atoms with Gasteiger partial charge in [-0.3, -0.25) is 4.99 Å². The van der Waals surface area contributed by atoms with Crippen molar-refractivity contribution < 1.29 is 9.47 Å². The highest BCUT2D eigenvalue weighted by Gasteiger charge is 2.34. The molecule has 1 aliphatic heterocycles. The van der Waals surface area contributed by atoms with Gasteiger partial charge in [-0.1, -0.05) is 30.3 Å². The fraction of sp³-hybridized carbons (Fsp3) is 0.650. The van der Waals surface area contributed by atoms with E-state index in [1.165, 1.54) is 5.56 Å². The molecular weight excluding hydrogens is 314 g/mol. The first-order valence-corrected chi connectivity index (χ1v) is 9.46. The molecular formula is C20H33N3O2. The second kappa shape index (κ2) is 11.1. The molecule has 0 amide bonds. The minimum Gasteiger partial charge on any atom is -0.382 e. The van der Waals surface area contributed by atoms with Crippen molar-refractivity contribution in [1.29, 1.82) is 0 Å². The molecule has 25 heavy (non-hydrogen) atoms. The Balaban J connectivity index is 1.84. The summed E-state index contributed by atoms with van der Waals surface area (Å²) in [5.74, 6) is 0.873. The van der Waals surface area contributed by atoms with Crippen LogP contribution in [0.1, 0.15) is 38.2 Å². The van der Waals surface area contributed by atoms with Gasteiger partial charge < -0.3 is 20.1 Å². The first-order chi connectivity index (χ1) is 12.3. The minimum atomic E-state index is 0.117. The molecule has 140 valence electrons. The third-order valence-electron chi connectivity index (χ3n) is 4.87. The van der Waals surface area contributed by atoms with Gasteiger partial charge in [-0.25, -0.2) is 0 Å². The van der Waals surface area contributed by atoms with Crippen LogP contribution in [-0.4, -0.2) is 52.5 Å². The molecule has 1 aromatic rings. The summed E-state index contributed by atoms with van der Waals surface area (Å²) in [6, 6.07) is 10.8. The SMILES string of the molecule is CCOCCCCNC(=NC)NCC1(c2ccccc2)CCOCC1. The van der Waals surface area contributed by atoms with Gasteiger partial charge >= 0.3 is 0 Å². The van der Waals surface area contributed by atoms with Crippen LogP contribution in [0.2, 0.25) is 0 Å². The maximum Gasteiger partial charge on any atom is 0.191 e. The molecule has 1 heterocycles. The van der Waals surface area contributed by atoms with E-state index in [-0.39, 0.29) is 5.41 Å². The van der Waals surface area contributed by atoms with E-state index < -0.39 is 0 Å². The van der Waals surface area contributed by atoms with Crippen molar-refractivity contribution in [1.82, 2.24) is 10.6 Å². The predicted octanol–water partition coefficient (Wildman–Crippen LogP) is 2.72. The lowest BCUT2D eigenvalue weighted by molar-refractivity contribution is 0.0514. The van der Waals surface area contributed by atoms with E-state index >= 15 is 0 Å². The van der Waals surface area contributed by atoms with Crippen LogP contribution in [0.25, 0.3) is 0 Å². The predicted molar refractivity (Wildman–Crippen MR) is 103 cm³/mol. The molecule has 0 aliphatic carbocycles. The van der Waals surface area contributed by atoms with E-state index in [1.807, 2.05) is 14.0 Å². The van der Waals surface area contributed by atoms with Crippen molar-refractivity contribution in [3.63, 3.8) is 0 Å². The number of nitrogens with one attached hydrogen (secondary N) is 2. The average molecular weight is 348 g/mol. The van der Waals surface area contributed by atoms with Gasteiger partial charge in [0.2, 0.25) is 0 Å². The van der Waals surface area contributed by atoms with Crippen LogP contribution >= 0.6 is 0 Å². The summed E-state index contributed by atoms with van der Waals surface area (Å²) in [7, 11) is 1.83. The molecule has 0 aromatic heterocycles. The van der Waals surface area contributed by atoms with E-state index in [2.05, 4.69) is 46.0 Å². The van der Waals surface area contributed by atoms with E-state index in [1.54, 1.807) is 0 Å². The summed E-state index contributed by atoms with van der Waals surface area (Å²) in [4.78, 5) is 4.36. The zero-order valence-corrected chi connectivity index (χ0v) is 15.7. The monoisotopic (exact) mass is 347 g/mol. The Hall–Kier alpha value is -1.59. The molecule has 0 bridgehead atoms. The summed E-state index contributed by atoms with van der Waals surface area (Å²) in [6.07, 6.45) is 4.23. The van der Waals surface area contributed by atoms with Crippen molar-refractivity contribution in [3.05, 3.63) is 35.9 Å². The lowest BCUT2D eigenvalue weighted by Gasteiger charge is -2.38. The maximum atomic E-state index is 5.61. The number of hydrogen-bond donors (Lipinski definition) is 2. The number of guanidine groups is 1. The van der Waals surface area contributed by atoms with E-state index in [9.17, 15) is 0 Å². The molecule has 0 unspecified atom stereocenters. The highest BCUT2D eigenvalue weighted by molar-refractivity contribution is 5.79. The Morgan fingerprint density at radius 2 is 1.92 bits per heavy atom. The van der Waals surface area contributed by atoms with Crippen LogP contribution in [0.5, 0.6) is 0 Å². The second-order valence-corrected chi connectivity index (χ2v) is 6.52. The van der Waals surface area contributed by atoms with Crippen molar-refractivity contribution >= 4 is 5.96 Å². The number of aliphatic imine (C=N–C) groups is 1. The number of rotatable bonds is 9. The Morgan fingerprint density at radius 3 is 2.60 bits per heavy atom. The first-order valence-electron chi connectivity index (χ1n) is 9.46. The molecule has 1 fully saturated rings. The van der Waals surface area contributed by atoms with Gasteiger partial charge in [0.15, 0.2) is 5.96 Å². The maximum absolute atomic E-state index is 5.61. The Labute approximate surface area is 152 Å². The molecule has 1 saturated heterocycles. The molecule has 1 aliphatic rings. The summed E-state index contributed by atoms with van der Waals surface area (Å²) in [6.45, 7) is 7.08. The third-order valence-corrected chi connectivity index (χ3v) is 4.87. The van der Waals surface area contributed by atoms with Crippen LogP contribution in [0, 0.1) is 0 Å². The van der Waals surface area contributed by atoms with E-state index in [0.29, 0.717) is 0 Å². The van der Waals surface area contributed by atoms with Gasteiger partial charge in [0.05, 0.1) is 0 Å². The van der Waals surface area contributed by atoms with E-state index in [4.69, 9.17) is 9.47 Å². The van der Waals surface area contributed by atoms with Gasteiger partial charge in [-0.05, 0) is 38.2 Å². The zero-order valence-electron chi connectivity index (χ0n) is 15.7. The van der Waals surface area contributed by atoms with Crippen LogP contribution in [0.3, 0.4) is 0 Å². The molecule has 0 saturated carbocycles. The van der Waals surface area contributed by atoms with Gasteiger partial charge in [-0.2, -0.15) is 0 Å². The summed E-state index contributed by atoms with van der Waals surface area (Å²) < 4.78 is 11.0. The largest absolute Gasteiger partial charge is 0.382 e. The number of ether oxygens (including phenoxy) is 2. The summed E-state index contributed by atoms with van der Waals surface area (Å²) in [5.41, 5.74) is 1.50. The highest BCUT2D eigenvalue weighted by atomic mass is 16.5. The van der Waals surface area contributed by atoms with E-state index in [0.717, 1.165) is 71.2 Å². The minimum absolute atomic E-state index is 0.117. The Morgan fingerprint density at radius 1 is 1.16 bits per heavy atom. The molecule has 2 rings (SSSR count). The molecule has 2 N–H and O–H groups in total. The van der Waals surface area contributed by atoms with Crippen LogP contribution in [0.4, 0.5) is 0 Å². The van der Waals surface area contributed by atoms with Crippen LogP contribution < -0.4 is 10.6 Å². The first kappa shape index (κ1) is 19.7. The fourth-order valence-electron chi connectivity index (χ4n) is 3.28. The van der Waals surface area contributed by atoms with Crippen molar-refractivity contribution in [3.8, 4) is 0 Å². The fourth-order valence-corrected chi connectivity index (χ4v) is 3.28.